The van der Waals surface area contributed by atoms with Crippen LogP contribution in [-0.4, -0.2) is 104 Å². The number of hydrogen-bond donors (Lipinski definition) is 0. The number of benzene rings is 2. The Morgan fingerprint density at radius 3 is 1.32 bits per heavy atom. The van der Waals surface area contributed by atoms with Gasteiger partial charge < -0.3 is 37.6 Å². The number of para-hydroxylation sites is 4. The van der Waals surface area contributed by atoms with Crippen LogP contribution in [0, 0.1) is 0 Å². The van der Waals surface area contributed by atoms with E-state index < -0.39 is 0 Å². The molecular formula is C33H41N5O6. The molecular weight excluding hydrogens is 562 g/mol. The van der Waals surface area contributed by atoms with Crippen LogP contribution in [-0.2, 0) is 41.5 Å². The third kappa shape index (κ3) is 8.26. The molecule has 0 unspecified atom stereocenters. The van der Waals surface area contributed by atoms with Gasteiger partial charge in [0.25, 0.3) is 0 Å². The molecule has 2 aromatic carbocycles. The number of fused-ring (bicyclic) bond motifs is 2. The first kappa shape index (κ1) is 31.7. The molecule has 0 radical (unpaired) electrons. The quantitative estimate of drug-likeness (QED) is 0.119. The van der Waals surface area contributed by atoms with Crippen molar-refractivity contribution in [1.29, 1.82) is 0 Å². The van der Waals surface area contributed by atoms with Gasteiger partial charge in [-0.05, 0) is 36.4 Å². The highest BCUT2D eigenvalue weighted by Gasteiger charge is 2.18. The summed E-state index contributed by atoms with van der Waals surface area (Å²) in [5, 5.41) is 0. The van der Waals surface area contributed by atoms with Gasteiger partial charge in [-0.25, -0.2) is 15.0 Å². The predicted octanol–water partition coefficient (Wildman–Crippen LogP) is 4.47. The van der Waals surface area contributed by atoms with Crippen LogP contribution in [0.25, 0.3) is 45.1 Å². The van der Waals surface area contributed by atoms with Crippen molar-refractivity contribution in [2.75, 3.05) is 80.3 Å². The first-order chi connectivity index (χ1) is 21.8. The molecule has 0 atom stereocenters. The number of imidazole rings is 2. The van der Waals surface area contributed by atoms with Crippen LogP contribution in [0.15, 0.2) is 66.7 Å². The van der Waals surface area contributed by atoms with Crippen molar-refractivity contribution < 1.29 is 28.4 Å². The Morgan fingerprint density at radius 2 is 0.864 bits per heavy atom. The average molecular weight is 604 g/mol. The molecule has 0 amide bonds. The number of ether oxygens (including phenoxy) is 6. The molecule has 0 bridgehead atoms. The van der Waals surface area contributed by atoms with E-state index in [1.165, 1.54) is 0 Å². The van der Waals surface area contributed by atoms with E-state index in [1.54, 1.807) is 14.2 Å². The maximum absolute atomic E-state index is 5.88. The standard InChI is InChI=1S/C33H41N5O6/c1-39-18-20-43-24-22-41-16-14-37-30-12-5-3-8-26(30)35-32(37)28-10-7-11-29(34-28)33-36-27-9-4-6-13-31(27)38(33)15-17-42-23-25-44-21-19-40-2/h3-13H,14-25H2,1-2H3. The van der Waals surface area contributed by atoms with Gasteiger partial charge in [-0.15, -0.1) is 0 Å². The number of rotatable bonds is 20. The Bertz CT molecular complexity index is 1470. The molecule has 0 saturated heterocycles. The highest BCUT2D eigenvalue weighted by atomic mass is 16.5. The van der Waals surface area contributed by atoms with E-state index in [4.69, 9.17) is 43.4 Å². The SMILES string of the molecule is COCCOCCOCCn1c(-c2cccc(-c3nc4ccccc4n3CCOCCOCCOC)n2)nc2ccccc21. The molecule has 0 fully saturated rings. The predicted molar refractivity (Wildman–Crippen MR) is 169 cm³/mol. The zero-order valence-corrected chi connectivity index (χ0v) is 25.5. The summed E-state index contributed by atoms with van der Waals surface area (Å²) in [6, 6.07) is 22.2. The number of pyridine rings is 1. The Hall–Kier alpha value is -3.71. The summed E-state index contributed by atoms with van der Waals surface area (Å²) in [6.45, 7) is 6.65. The maximum Gasteiger partial charge on any atom is 0.159 e. The van der Waals surface area contributed by atoms with Gasteiger partial charge in [-0.1, -0.05) is 30.3 Å². The van der Waals surface area contributed by atoms with Crippen LogP contribution < -0.4 is 0 Å². The molecule has 3 aromatic heterocycles. The van der Waals surface area contributed by atoms with Crippen molar-refractivity contribution in [3.05, 3.63) is 66.7 Å². The Balaban J connectivity index is 1.33. The fourth-order valence-electron chi connectivity index (χ4n) is 4.92. The number of hydrogen-bond acceptors (Lipinski definition) is 9. The van der Waals surface area contributed by atoms with Crippen LogP contribution in [0.1, 0.15) is 0 Å². The second-order valence-corrected chi connectivity index (χ2v) is 9.99. The van der Waals surface area contributed by atoms with Gasteiger partial charge in [-0.2, -0.15) is 0 Å². The Morgan fingerprint density at radius 1 is 0.455 bits per heavy atom. The summed E-state index contributed by atoms with van der Waals surface area (Å²) in [7, 11) is 3.32. The molecule has 5 aromatic rings. The topological polar surface area (TPSA) is 104 Å². The summed E-state index contributed by atoms with van der Waals surface area (Å²) < 4.78 is 37.1. The van der Waals surface area contributed by atoms with Crippen molar-refractivity contribution in [2.45, 2.75) is 13.1 Å². The minimum absolute atomic E-state index is 0.514. The van der Waals surface area contributed by atoms with Crippen molar-refractivity contribution in [1.82, 2.24) is 24.1 Å². The Kier molecular flexibility index (Phi) is 12.2. The van der Waals surface area contributed by atoms with E-state index in [0.29, 0.717) is 79.2 Å². The van der Waals surface area contributed by atoms with E-state index in [-0.39, 0.29) is 0 Å². The van der Waals surface area contributed by atoms with Crippen LogP contribution in [0.2, 0.25) is 0 Å². The summed E-state index contributed by atoms with van der Waals surface area (Å²) in [5.41, 5.74) is 5.42. The van der Waals surface area contributed by atoms with Crippen LogP contribution in [0.3, 0.4) is 0 Å². The monoisotopic (exact) mass is 603 g/mol. The number of methoxy groups -OCH3 is 2. The van der Waals surface area contributed by atoms with Crippen molar-refractivity contribution in [2.24, 2.45) is 0 Å². The van der Waals surface area contributed by atoms with Gasteiger partial charge in [0.15, 0.2) is 11.6 Å². The molecule has 0 N–H and O–H groups in total. The summed E-state index contributed by atoms with van der Waals surface area (Å²) in [6.07, 6.45) is 0. The van der Waals surface area contributed by atoms with Crippen LogP contribution >= 0.6 is 0 Å². The lowest BCUT2D eigenvalue weighted by Gasteiger charge is -2.12. The first-order valence-electron chi connectivity index (χ1n) is 15.0. The lowest BCUT2D eigenvalue weighted by atomic mass is 10.2. The minimum atomic E-state index is 0.514. The molecule has 11 heteroatoms. The molecule has 0 aliphatic carbocycles. The average Bonchev–Trinajstić information content (AvgIpc) is 3.62. The smallest absolute Gasteiger partial charge is 0.159 e. The second-order valence-electron chi connectivity index (χ2n) is 9.99. The number of aromatic nitrogens is 5. The number of nitrogens with zero attached hydrogens (tertiary/aromatic N) is 5. The van der Waals surface area contributed by atoms with Gasteiger partial charge >= 0.3 is 0 Å². The van der Waals surface area contributed by atoms with Crippen molar-refractivity contribution in [3.8, 4) is 23.0 Å². The van der Waals surface area contributed by atoms with E-state index in [0.717, 1.165) is 45.1 Å². The van der Waals surface area contributed by atoms with Gasteiger partial charge in [0.1, 0.15) is 11.4 Å². The fourth-order valence-corrected chi connectivity index (χ4v) is 4.92. The normalized spacial score (nSPS) is 11.7. The molecule has 0 saturated carbocycles. The van der Waals surface area contributed by atoms with Crippen LogP contribution in [0.4, 0.5) is 0 Å². The fraction of sp³-hybridized carbons (Fsp3) is 0.424. The first-order valence-corrected chi connectivity index (χ1v) is 15.0. The van der Waals surface area contributed by atoms with Crippen molar-refractivity contribution >= 4 is 22.1 Å². The zero-order valence-electron chi connectivity index (χ0n) is 25.5. The highest BCUT2D eigenvalue weighted by Crippen LogP contribution is 2.28. The largest absolute Gasteiger partial charge is 0.382 e. The van der Waals surface area contributed by atoms with Gasteiger partial charge in [-0.3, -0.25) is 0 Å². The van der Waals surface area contributed by atoms with Gasteiger partial charge in [0.2, 0.25) is 0 Å². The van der Waals surface area contributed by atoms with E-state index >= 15 is 0 Å². The van der Waals surface area contributed by atoms with E-state index in [1.807, 2.05) is 54.6 Å². The van der Waals surface area contributed by atoms with E-state index in [9.17, 15) is 0 Å². The van der Waals surface area contributed by atoms with Crippen LogP contribution in [0.5, 0.6) is 0 Å². The minimum Gasteiger partial charge on any atom is -0.382 e. The third-order valence-corrected chi connectivity index (χ3v) is 7.04. The molecule has 11 nitrogen and oxygen atoms in total. The molecule has 0 aliphatic heterocycles. The highest BCUT2D eigenvalue weighted by molar-refractivity contribution is 5.82. The summed E-state index contributed by atoms with van der Waals surface area (Å²) >= 11 is 0. The molecule has 0 aliphatic rings. The molecule has 234 valence electrons. The van der Waals surface area contributed by atoms with Gasteiger partial charge in [0, 0.05) is 27.3 Å². The lowest BCUT2D eigenvalue weighted by Crippen LogP contribution is -2.13. The molecule has 0 spiro atoms. The Labute approximate surface area is 257 Å². The van der Waals surface area contributed by atoms with E-state index in [2.05, 4.69) is 21.3 Å². The molecule has 5 rings (SSSR count). The zero-order chi connectivity index (χ0) is 30.4. The maximum atomic E-state index is 5.88. The molecule has 44 heavy (non-hydrogen) atoms. The molecule has 3 heterocycles. The lowest BCUT2D eigenvalue weighted by molar-refractivity contribution is 0.0232. The summed E-state index contributed by atoms with van der Waals surface area (Å²) in [5.74, 6) is 1.57. The van der Waals surface area contributed by atoms with Gasteiger partial charge in [0.05, 0.1) is 88.1 Å². The summed E-state index contributed by atoms with van der Waals surface area (Å²) in [4.78, 5) is 15.0. The second kappa shape index (κ2) is 17.0. The van der Waals surface area contributed by atoms with Crippen molar-refractivity contribution in [3.63, 3.8) is 0 Å². The third-order valence-electron chi connectivity index (χ3n) is 7.04.